The third-order valence-electron chi connectivity index (χ3n) is 3.75. The van der Waals surface area contributed by atoms with E-state index in [-0.39, 0.29) is 11.3 Å². The summed E-state index contributed by atoms with van der Waals surface area (Å²) in [5.74, 6) is -2.48. The average Bonchev–Trinajstić information content (AvgIpc) is 2.66. The maximum absolute atomic E-state index is 13.6. The molecule has 136 valence electrons. The van der Waals surface area contributed by atoms with Gasteiger partial charge in [0, 0.05) is 25.3 Å². The minimum absolute atomic E-state index is 0.211. The van der Waals surface area contributed by atoms with Crippen molar-refractivity contribution in [3.05, 3.63) is 65.2 Å². The lowest BCUT2D eigenvalue weighted by molar-refractivity contribution is -0.112. The van der Waals surface area contributed by atoms with Crippen LogP contribution in [-0.4, -0.2) is 19.5 Å². The van der Waals surface area contributed by atoms with Gasteiger partial charge in [-0.1, -0.05) is 12.1 Å². The Morgan fingerprint density at radius 1 is 1.19 bits per heavy atom. The molecule has 0 saturated carbocycles. The van der Waals surface area contributed by atoms with Crippen LogP contribution in [0.5, 0.6) is 0 Å². The van der Waals surface area contributed by atoms with E-state index in [0.717, 1.165) is 17.8 Å². The Balaban J connectivity index is 2.14. The molecule has 1 amide bonds. The SMILES string of the molecule is CN(CCC#N)c1ccc(/C=C(\C#N)C(=O)Nc2ccc(F)cc2F)cc1. The predicted molar refractivity (Wildman–Crippen MR) is 98.5 cm³/mol. The molecule has 0 aliphatic rings. The smallest absolute Gasteiger partial charge is 0.266 e. The first-order valence-electron chi connectivity index (χ1n) is 8.01. The maximum atomic E-state index is 13.6. The predicted octanol–water partition coefficient (Wildman–Crippen LogP) is 3.86. The maximum Gasteiger partial charge on any atom is 0.266 e. The van der Waals surface area contributed by atoms with Crippen LogP contribution < -0.4 is 10.2 Å². The van der Waals surface area contributed by atoms with Gasteiger partial charge < -0.3 is 10.2 Å². The van der Waals surface area contributed by atoms with Crippen molar-refractivity contribution in [3.63, 3.8) is 0 Å². The van der Waals surface area contributed by atoms with E-state index in [1.54, 1.807) is 30.3 Å². The molecule has 1 N–H and O–H groups in total. The second-order valence-corrected chi connectivity index (χ2v) is 5.67. The lowest BCUT2D eigenvalue weighted by Crippen LogP contribution is -2.17. The number of benzene rings is 2. The number of rotatable bonds is 6. The van der Waals surface area contributed by atoms with Crippen LogP contribution >= 0.6 is 0 Å². The number of hydrogen-bond donors (Lipinski definition) is 1. The molecule has 0 spiro atoms. The number of hydrogen-bond acceptors (Lipinski definition) is 4. The Morgan fingerprint density at radius 2 is 1.89 bits per heavy atom. The molecule has 27 heavy (non-hydrogen) atoms. The van der Waals surface area contributed by atoms with Gasteiger partial charge in [0.25, 0.3) is 5.91 Å². The first kappa shape index (κ1) is 19.6. The van der Waals surface area contributed by atoms with Crippen molar-refractivity contribution in [2.45, 2.75) is 6.42 Å². The lowest BCUT2D eigenvalue weighted by Gasteiger charge is -2.17. The number of halogens is 2. The van der Waals surface area contributed by atoms with E-state index in [1.165, 1.54) is 6.08 Å². The number of nitrogens with one attached hydrogen (secondary N) is 1. The number of carbonyl (C=O) groups is 1. The second kappa shape index (κ2) is 9.12. The van der Waals surface area contributed by atoms with Crippen molar-refractivity contribution in [3.8, 4) is 12.1 Å². The zero-order chi connectivity index (χ0) is 19.8. The Kier molecular flexibility index (Phi) is 6.62. The number of carbonyl (C=O) groups excluding carboxylic acids is 1. The zero-order valence-electron chi connectivity index (χ0n) is 14.5. The van der Waals surface area contributed by atoms with E-state index in [1.807, 2.05) is 11.9 Å². The minimum Gasteiger partial charge on any atom is -0.374 e. The second-order valence-electron chi connectivity index (χ2n) is 5.67. The summed E-state index contributed by atoms with van der Waals surface area (Å²) in [6.45, 7) is 0.584. The molecule has 0 aliphatic carbocycles. The third-order valence-corrected chi connectivity index (χ3v) is 3.75. The number of nitrogens with zero attached hydrogens (tertiary/aromatic N) is 3. The molecular formula is C20H16F2N4O. The highest BCUT2D eigenvalue weighted by atomic mass is 19.1. The number of nitriles is 2. The molecule has 7 heteroatoms. The molecule has 2 aromatic rings. The van der Waals surface area contributed by atoms with Gasteiger partial charge in [-0.3, -0.25) is 4.79 Å². The molecule has 2 rings (SSSR count). The van der Waals surface area contributed by atoms with Crippen molar-refractivity contribution in [2.24, 2.45) is 0 Å². The Labute approximate surface area is 155 Å². The highest BCUT2D eigenvalue weighted by molar-refractivity contribution is 6.09. The number of amides is 1. The van der Waals surface area contributed by atoms with E-state index in [0.29, 0.717) is 24.6 Å². The summed E-state index contributed by atoms with van der Waals surface area (Å²) < 4.78 is 26.6. The normalized spacial score (nSPS) is 10.6. The van der Waals surface area contributed by atoms with Gasteiger partial charge in [-0.05, 0) is 35.9 Å². The zero-order valence-corrected chi connectivity index (χ0v) is 14.5. The highest BCUT2D eigenvalue weighted by Gasteiger charge is 2.12. The number of anilines is 2. The standard InChI is InChI=1S/C20H16F2N4O/c1-26(10-2-9-23)17-6-3-14(4-7-17)11-15(13-24)20(27)25-19-8-5-16(21)12-18(19)22/h3-8,11-12H,2,10H2,1H3,(H,25,27)/b15-11+. The van der Waals surface area contributed by atoms with Gasteiger partial charge in [0.2, 0.25) is 0 Å². The Morgan fingerprint density at radius 3 is 2.48 bits per heavy atom. The summed E-state index contributed by atoms with van der Waals surface area (Å²) in [6.07, 6.45) is 1.77. The molecule has 5 nitrogen and oxygen atoms in total. The fourth-order valence-corrected chi connectivity index (χ4v) is 2.27. The van der Waals surface area contributed by atoms with Crippen molar-refractivity contribution >= 4 is 23.4 Å². The molecule has 0 atom stereocenters. The lowest BCUT2D eigenvalue weighted by atomic mass is 10.1. The van der Waals surface area contributed by atoms with Crippen LogP contribution in [0.4, 0.5) is 20.2 Å². The van der Waals surface area contributed by atoms with Gasteiger partial charge in [0.05, 0.1) is 18.2 Å². The fraction of sp³-hybridized carbons (Fsp3) is 0.150. The van der Waals surface area contributed by atoms with Gasteiger partial charge in [-0.25, -0.2) is 8.78 Å². The molecule has 0 aromatic heterocycles. The first-order valence-corrected chi connectivity index (χ1v) is 8.01. The Bertz CT molecular complexity index is 940. The topological polar surface area (TPSA) is 79.9 Å². The third kappa shape index (κ3) is 5.38. The van der Waals surface area contributed by atoms with Crippen LogP contribution in [0.2, 0.25) is 0 Å². The van der Waals surface area contributed by atoms with Crippen molar-refractivity contribution in [1.29, 1.82) is 10.5 Å². The Hall–Kier alpha value is -3.71. The summed E-state index contributed by atoms with van der Waals surface area (Å²) in [7, 11) is 1.85. The van der Waals surface area contributed by atoms with Crippen LogP contribution in [0.1, 0.15) is 12.0 Å². The molecule has 2 aromatic carbocycles. The van der Waals surface area contributed by atoms with Crippen LogP contribution in [0, 0.1) is 34.3 Å². The van der Waals surface area contributed by atoms with Crippen molar-refractivity contribution in [2.75, 3.05) is 23.8 Å². The van der Waals surface area contributed by atoms with Crippen LogP contribution in [0.3, 0.4) is 0 Å². The van der Waals surface area contributed by atoms with Gasteiger partial charge in [-0.15, -0.1) is 0 Å². The minimum atomic E-state index is -0.926. The summed E-state index contributed by atoms with van der Waals surface area (Å²) in [5, 5.41) is 20.1. The molecule has 0 saturated heterocycles. The summed E-state index contributed by atoms with van der Waals surface area (Å²) >= 11 is 0. The van der Waals surface area contributed by atoms with E-state index in [9.17, 15) is 18.8 Å². The van der Waals surface area contributed by atoms with Crippen LogP contribution in [0.15, 0.2) is 48.0 Å². The van der Waals surface area contributed by atoms with E-state index < -0.39 is 17.5 Å². The molecular weight excluding hydrogens is 350 g/mol. The van der Waals surface area contributed by atoms with Gasteiger partial charge in [0.1, 0.15) is 23.3 Å². The highest BCUT2D eigenvalue weighted by Crippen LogP contribution is 2.18. The van der Waals surface area contributed by atoms with E-state index >= 15 is 0 Å². The monoisotopic (exact) mass is 366 g/mol. The van der Waals surface area contributed by atoms with Crippen molar-refractivity contribution in [1.82, 2.24) is 0 Å². The van der Waals surface area contributed by atoms with Crippen LogP contribution in [-0.2, 0) is 4.79 Å². The summed E-state index contributed by atoms with van der Waals surface area (Å²) in [6, 6.07) is 13.6. The average molecular weight is 366 g/mol. The van der Waals surface area contributed by atoms with Gasteiger partial charge >= 0.3 is 0 Å². The molecule has 0 unspecified atom stereocenters. The van der Waals surface area contributed by atoms with E-state index in [4.69, 9.17) is 5.26 Å². The van der Waals surface area contributed by atoms with Gasteiger partial charge in [0.15, 0.2) is 0 Å². The molecule has 0 heterocycles. The first-order chi connectivity index (χ1) is 12.9. The van der Waals surface area contributed by atoms with Crippen molar-refractivity contribution < 1.29 is 13.6 Å². The molecule has 0 radical (unpaired) electrons. The molecule has 0 fully saturated rings. The quantitative estimate of drug-likeness (QED) is 0.622. The van der Waals surface area contributed by atoms with Crippen LogP contribution in [0.25, 0.3) is 6.08 Å². The summed E-state index contributed by atoms with van der Waals surface area (Å²) in [5.41, 5.74) is 1.07. The van der Waals surface area contributed by atoms with Gasteiger partial charge in [-0.2, -0.15) is 10.5 Å². The molecule has 0 bridgehead atoms. The summed E-state index contributed by atoms with van der Waals surface area (Å²) in [4.78, 5) is 14.1. The fourth-order valence-electron chi connectivity index (χ4n) is 2.27. The molecule has 0 aliphatic heterocycles. The van der Waals surface area contributed by atoms with E-state index in [2.05, 4.69) is 11.4 Å². The largest absolute Gasteiger partial charge is 0.374 e.